The van der Waals surface area contributed by atoms with Crippen LogP contribution in [0.1, 0.15) is 38.8 Å². The van der Waals surface area contributed by atoms with Crippen molar-refractivity contribution in [3.63, 3.8) is 0 Å². The predicted molar refractivity (Wildman–Crippen MR) is 81.7 cm³/mol. The number of aryl methyl sites for hydroxylation is 2. The van der Waals surface area contributed by atoms with E-state index in [1.165, 1.54) is 5.03 Å². The van der Waals surface area contributed by atoms with Gasteiger partial charge in [0, 0.05) is 12.6 Å². The Morgan fingerprint density at radius 1 is 1.47 bits per heavy atom. The molecule has 0 aromatic carbocycles. The lowest BCUT2D eigenvalue weighted by Crippen LogP contribution is -2.45. The molecule has 4 nitrogen and oxygen atoms in total. The van der Waals surface area contributed by atoms with E-state index in [9.17, 15) is 5.11 Å². The van der Waals surface area contributed by atoms with Crippen LogP contribution in [0.15, 0.2) is 11.1 Å². The number of nitrogens with one attached hydrogen (secondary N) is 1. The molecule has 0 saturated carbocycles. The molecule has 0 saturated heterocycles. The fourth-order valence-corrected chi connectivity index (χ4v) is 3.21. The second kappa shape index (κ2) is 7.92. The zero-order chi connectivity index (χ0) is 14.3. The molecule has 1 aromatic heterocycles. The van der Waals surface area contributed by atoms with Crippen LogP contribution < -0.4 is 5.32 Å². The zero-order valence-corrected chi connectivity index (χ0v) is 13.4. The Morgan fingerprint density at radius 2 is 2.21 bits per heavy atom. The summed E-state index contributed by atoms with van der Waals surface area (Å²) in [4.78, 5) is 0. The topological polar surface area (TPSA) is 50.1 Å². The summed E-state index contributed by atoms with van der Waals surface area (Å²) in [6.45, 7) is 7.30. The lowest BCUT2D eigenvalue weighted by Gasteiger charge is -2.28. The van der Waals surface area contributed by atoms with Gasteiger partial charge in [-0.1, -0.05) is 13.3 Å². The standard InChI is InChI=1S/C14H27N3OS/c1-5-15-14(3,11-18)8-6-7-9-19-13-10-12(2)16-17(13)4/h10,15,18H,5-9,11H2,1-4H3. The summed E-state index contributed by atoms with van der Waals surface area (Å²) in [5.74, 6) is 1.10. The van der Waals surface area contributed by atoms with Crippen molar-refractivity contribution in [3.8, 4) is 0 Å². The molecule has 0 amide bonds. The number of rotatable bonds is 9. The maximum Gasteiger partial charge on any atom is 0.0939 e. The minimum absolute atomic E-state index is 0.122. The van der Waals surface area contributed by atoms with Gasteiger partial charge < -0.3 is 10.4 Å². The van der Waals surface area contributed by atoms with Crippen molar-refractivity contribution >= 4 is 11.8 Å². The highest BCUT2D eigenvalue weighted by atomic mass is 32.2. The normalized spacial score (nSPS) is 14.6. The van der Waals surface area contributed by atoms with E-state index >= 15 is 0 Å². The molecule has 1 unspecified atom stereocenters. The third-order valence-corrected chi connectivity index (χ3v) is 4.46. The fraction of sp³-hybridized carbons (Fsp3) is 0.786. The Hall–Kier alpha value is -0.520. The van der Waals surface area contributed by atoms with Crippen molar-refractivity contribution in [1.29, 1.82) is 0 Å². The Bertz CT molecular complexity index is 381. The van der Waals surface area contributed by atoms with Crippen molar-refractivity contribution in [2.45, 2.75) is 50.6 Å². The third kappa shape index (κ3) is 5.55. The fourth-order valence-electron chi connectivity index (χ4n) is 2.17. The van der Waals surface area contributed by atoms with Gasteiger partial charge in [0.1, 0.15) is 0 Å². The van der Waals surface area contributed by atoms with Gasteiger partial charge in [-0.3, -0.25) is 4.68 Å². The van der Waals surface area contributed by atoms with Crippen molar-refractivity contribution < 1.29 is 5.11 Å². The van der Waals surface area contributed by atoms with Gasteiger partial charge >= 0.3 is 0 Å². The first-order chi connectivity index (χ1) is 9.00. The molecule has 1 heterocycles. The lowest BCUT2D eigenvalue weighted by molar-refractivity contribution is 0.165. The minimum atomic E-state index is -0.122. The number of aliphatic hydroxyl groups excluding tert-OH is 1. The van der Waals surface area contributed by atoms with E-state index in [0.29, 0.717) is 0 Å². The van der Waals surface area contributed by atoms with Gasteiger partial charge in [-0.15, -0.1) is 11.8 Å². The smallest absolute Gasteiger partial charge is 0.0939 e. The van der Waals surface area contributed by atoms with E-state index in [0.717, 1.165) is 37.3 Å². The van der Waals surface area contributed by atoms with Crippen molar-refractivity contribution in [2.24, 2.45) is 7.05 Å². The molecule has 5 heteroatoms. The van der Waals surface area contributed by atoms with Crippen LogP contribution in [0, 0.1) is 6.92 Å². The summed E-state index contributed by atoms with van der Waals surface area (Å²) in [7, 11) is 1.99. The molecule has 0 bridgehead atoms. The highest BCUT2D eigenvalue weighted by Crippen LogP contribution is 2.21. The number of aromatic nitrogens is 2. The van der Waals surface area contributed by atoms with Crippen LogP contribution in [0.4, 0.5) is 0 Å². The quantitative estimate of drug-likeness (QED) is 0.540. The highest BCUT2D eigenvalue weighted by Gasteiger charge is 2.20. The minimum Gasteiger partial charge on any atom is -0.394 e. The summed E-state index contributed by atoms with van der Waals surface area (Å²) in [6.07, 6.45) is 3.31. The maximum atomic E-state index is 9.41. The van der Waals surface area contributed by atoms with Gasteiger partial charge in [-0.2, -0.15) is 5.10 Å². The Kier molecular flexibility index (Phi) is 6.89. The molecule has 0 fully saturated rings. The van der Waals surface area contributed by atoms with E-state index < -0.39 is 0 Å². The molecule has 110 valence electrons. The van der Waals surface area contributed by atoms with Crippen LogP contribution >= 0.6 is 11.8 Å². The second-order valence-electron chi connectivity index (χ2n) is 5.30. The molecule has 1 atom stereocenters. The number of nitrogens with zero attached hydrogens (tertiary/aromatic N) is 2. The summed E-state index contributed by atoms with van der Waals surface area (Å²) >= 11 is 1.86. The van der Waals surface area contributed by atoms with Crippen LogP contribution in [0.5, 0.6) is 0 Å². The predicted octanol–water partition coefficient (Wildman–Crippen LogP) is 2.35. The van der Waals surface area contributed by atoms with Crippen LogP contribution in [-0.4, -0.2) is 39.3 Å². The summed E-state index contributed by atoms with van der Waals surface area (Å²) < 4.78 is 1.94. The van der Waals surface area contributed by atoms with Crippen molar-refractivity contribution in [3.05, 3.63) is 11.8 Å². The first-order valence-corrected chi connectivity index (χ1v) is 7.98. The first kappa shape index (κ1) is 16.5. The molecule has 0 aliphatic carbocycles. The van der Waals surface area contributed by atoms with Gasteiger partial charge in [0.2, 0.25) is 0 Å². The van der Waals surface area contributed by atoms with E-state index in [-0.39, 0.29) is 12.1 Å². The van der Waals surface area contributed by atoms with Gasteiger partial charge in [0.25, 0.3) is 0 Å². The monoisotopic (exact) mass is 285 g/mol. The largest absolute Gasteiger partial charge is 0.394 e. The number of likely N-dealkylation sites (N-methyl/N-ethyl adjacent to an activating group) is 1. The Labute approximate surface area is 121 Å². The number of unbranched alkanes of at least 4 members (excludes halogenated alkanes) is 1. The number of thioether (sulfide) groups is 1. The van der Waals surface area contributed by atoms with E-state index in [2.05, 4.69) is 30.3 Å². The lowest BCUT2D eigenvalue weighted by atomic mass is 9.96. The summed E-state index contributed by atoms with van der Waals surface area (Å²) in [6, 6.07) is 2.13. The van der Waals surface area contributed by atoms with E-state index in [1.807, 2.05) is 30.4 Å². The highest BCUT2D eigenvalue weighted by molar-refractivity contribution is 7.99. The SMILES string of the molecule is CCNC(C)(CO)CCCCSc1cc(C)nn1C. The number of hydrogen-bond donors (Lipinski definition) is 2. The van der Waals surface area contributed by atoms with Crippen molar-refractivity contribution in [1.82, 2.24) is 15.1 Å². The maximum absolute atomic E-state index is 9.41. The van der Waals surface area contributed by atoms with E-state index in [1.54, 1.807) is 0 Å². The first-order valence-electron chi connectivity index (χ1n) is 7.00. The molecule has 1 rings (SSSR count). The van der Waals surface area contributed by atoms with Crippen LogP contribution in [-0.2, 0) is 7.05 Å². The number of hydrogen-bond acceptors (Lipinski definition) is 4. The van der Waals surface area contributed by atoms with Crippen molar-refractivity contribution in [2.75, 3.05) is 18.9 Å². The average molecular weight is 285 g/mol. The van der Waals surface area contributed by atoms with Gasteiger partial charge in [0.05, 0.1) is 17.3 Å². The van der Waals surface area contributed by atoms with Gasteiger partial charge in [0.15, 0.2) is 0 Å². The van der Waals surface area contributed by atoms with Crippen LogP contribution in [0.2, 0.25) is 0 Å². The van der Waals surface area contributed by atoms with E-state index in [4.69, 9.17) is 0 Å². The Balaban J connectivity index is 2.22. The number of aliphatic hydroxyl groups is 1. The molecule has 0 radical (unpaired) electrons. The average Bonchev–Trinajstić information content (AvgIpc) is 2.68. The molecule has 0 aliphatic heterocycles. The molecular weight excluding hydrogens is 258 g/mol. The van der Waals surface area contributed by atoms with Gasteiger partial charge in [-0.05, 0) is 45.1 Å². The molecule has 1 aromatic rings. The summed E-state index contributed by atoms with van der Waals surface area (Å²) in [5.41, 5.74) is 0.952. The van der Waals surface area contributed by atoms with Crippen LogP contribution in [0.3, 0.4) is 0 Å². The molecule has 2 N–H and O–H groups in total. The molecule has 0 spiro atoms. The molecule has 19 heavy (non-hydrogen) atoms. The van der Waals surface area contributed by atoms with Crippen LogP contribution in [0.25, 0.3) is 0 Å². The molecule has 0 aliphatic rings. The van der Waals surface area contributed by atoms with Gasteiger partial charge in [-0.25, -0.2) is 0 Å². The summed E-state index contributed by atoms with van der Waals surface area (Å²) in [5, 5.41) is 18.3. The zero-order valence-electron chi connectivity index (χ0n) is 12.6. The Morgan fingerprint density at radius 3 is 2.74 bits per heavy atom. The molecular formula is C14H27N3OS. The third-order valence-electron chi connectivity index (χ3n) is 3.28. The second-order valence-corrected chi connectivity index (χ2v) is 6.42.